The molecule has 3 aromatic carbocycles. The molecule has 1 N–H and O–H groups in total. The fourth-order valence-corrected chi connectivity index (χ4v) is 2.60. The van der Waals surface area contributed by atoms with E-state index in [0.717, 1.165) is 17.7 Å². The van der Waals surface area contributed by atoms with Crippen molar-refractivity contribution in [3.05, 3.63) is 78.1 Å². The summed E-state index contributed by atoms with van der Waals surface area (Å²) in [6.07, 6.45) is 0.943. The average Bonchev–Trinajstić information content (AvgIpc) is 2.53. The minimum Gasteiger partial charge on any atom is -0.378 e. The van der Waals surface area contributed by atoms with Crippen molar-refractivity contribution in [1.82, 2.24) is 0 Å². The highest BCUT2D eigenvalue weighted by atomic mass is 19.1. The van der Waals surface area contributed by atoms with Gasteiger partial charge in [0.1, 0.15) is 5.82 Å². The molecular weight excluding hydrogens is 261 g/mol. The molecule has 0 saturated heterocycles. The molecule has 0 aliphatic carbocycles. The maximum Gasteiger partial charge on any atom is 0.123 e. The van der Waals surface area contributed by atoms with Gasteiger partial charge in [-0.25, -0.2) is 4.39 Å². The fraction of sp³-hybridized carbons (Fsp3) is 0.158. The van der Waals surface area contributed by atoms with Crippen molar-refractivity contribution in [3.8, 4) is 0 Å². The Morgan fingerprint density at radius 1 is 0.905 bits per heavy atom. The van der Waals surface area contributed by atoms with Gasteiger partial charge in [-0.15, -0.1) is 0 Å². The first kappa shape index (κ1) is 13.6. The van der Waals surface area contributed by atoms with Crippen LogP contribution < -0.4 is 5.32 Å². The van der Waals surface area contributed by atoms with Gasteiger partial charge in [0.15, 0.2) is 0 Å². The van der Waals surface area contributed by atoms with E-state index in [0.29, 0.717) is 0 Å². The van der Waals surface area contributed by atoms with Crippen LogP contribution in [0.4, 0.5) is 10.1 Å². The van der Waals surface area contributed by atoms with Crippen molar-refractivity contribution in [3.63, 3.8) is 0 Å². The quantitative estimate of drug-likeness (QED) is 0.661. The fourth-order valence-electron chi connectivity index (χ4n) is 2.60. The van der Waals surface area contributed by atoms with Crippen LogP contribution in [0.5, 0.6) is 0 Å². The highest BCUT2D eigenvalue weighted by Crippen LogP contribution is 2.25. The molecule has 0 fully saturated rings. The number of fused-ring (bicyclic) bond motifs is 1. The summed E-state index contributed by atoms with van der Waals surface area (Å²) in [5.41, 5.74) is 2.19. The monoisotopic (exact) mass is 279 g/mol. The number of anilines is 1. The summed E-state index contributed by atoms with van der Waals surface area (Å²) in [5, 5.41) is 5.99. The molecular formula is C19H18FN. The third kappa shape index (κ3) is 3.05. The molecule has 0 amide bonds. The second-order valence-electron chi connectivity index (χ2n) is 5.22. The second-order valence-corrected chi connectivity index (χ2v) is 5.22. The lowest BCUT2D eigenvalue weighted by Crippen LogP contribution is -2.09. The van der Waals surface area contributed by atoms with E-state index in [1.165, 1.54) is 22.9 Å². The van der Waals surface area contributed by atoms with Crippen LogP contribution in [0.1, 0.15) is 24.9 Å². The lowest BCUT2D eigenvalue weighted by atomic mass is 10.0. The molecule has 1 nitrogen and oxygen atoms in total. The minimum atomic E-state index is -0.195. The van der Waals surface area contributed by atoms with Gasteiger partial charge >= 0.3 is 0 Å². The summed E-state index contributed by atoms with van der Waals surface area (Å²) in [7, 11) is 0. The molecule has 1 atom stereocenters. The summed E-state index contributed by atoms with van der Waals surface area (Å²) in [5.74, 6) is -0.195. The van der Waals surface area contributed by atoms with E-state index in [2.05, 4.69) is 42.6 Å². The number of rotatable bonds is 4. The lowest BCUT2D eigenvalue weighted by molar-refractivity contribution is 0.625. The zero-order chi connectivity index (χ0) is 14.7. The highest BCUT2D eigenvalue weighted by molar-refractivity contribution is 5.85. The normalized spacial score (nSPS) is 12.3. The van der Waals surface area contributed by atoms with E-state index in [1.54, 1.807) is 0 Å². The number of halogens is 1. The first-order valence-corrected chi connectivity index (χ1v) is 7.27. The maximum absolute atomic E-state index is 13.0. The average molecular weight is 279 g/mol. The van der Waals surface area contributed by atoms with Crippen LogP contribution in [-0.4, -0.2) is 0 Å². The van der Waals surface area contributed by atoms with Gasteiger partial charge in [-0.3, -0.25) is 0 Å². The molecule has 0 spiro atoms. The van der Waals surface area contributed by atoms with E-state index >= 15 is 0 Å². The van der Waals surface area contributed by atoms with Gasteiger partial charge in [0.05, 0.1) is 6.04 Å². The smallest absolute Gasteiger partial charge is 0.123 e. The van der Waals surface area contributed by atoms with Crippen LogP contribution in [0.15, 0.2) is 66.7 Å². The Morgan fingerprint density at radius 2 is 1.62 bits per heavy atom. The summed E-state index contributed by atoms with van der Waals surface area (Å²) in [6, 6.07) is 21.6. The standard InChI is InChI=1S/C19H18FN/c1-2-19(15-7-10-17(20)11-8-15)21-18-12-9-14-5-3-4-6-16(14)13-18/h3-13,19,21H,2H2,1H3. The third-order valence-corrected chi connectivity index (χ3v) is 3.77. The molecule has 0 bridgehead atoms. The van der Waals surface area contributed by atoms with Gasteiger partial charge in [0.2, 0.25) is 0 Å². The van der Waals surface area contributed by atoms with Crippen molar-refractivity contribution < 1.29 is 4.39 Å². The Bertz CT molecular complexity index is 734. The Labute approximate surface area is 124 Å². The molecule has 0 aromatic heterocycles. The molecule has 3 rings (SSSR count). The molecule has 0 heterocycles. The van der Waals surface area contributed by atoms with Gasteiger partial charge in [-0.2, -0.15) is 0 Å². The van der Waals surface area contributed by atoms with Crippen LogP contribution in [0.25, 0.3) is 10.8 Å². The third-order valence-electron chi connectivity index (χ3n) is 3.77. The van der Waals surface area contributed by atoms with Crippen LogP contribution >= 0.6 is 0 Å². The zero-order valence-electron chi connectivity index (χ0n) is 12.0. The second kappa shape index (κ2) is 5.96. The van der Waals surface area contributed by atoms with Crippen LogP contribution in [0.3, 0.4) is 0 Å². The van der Waals surface area contributed by atoms with Crippen molar-refractivity contribution in [2.75, 3.05) is 5.32 Å². The topological polar surface area (TPSA) is 12.0 Å². The van der Waals surface area contributed by atoms with Gasteiger partial charge in [-0.05, 0) is 47.0 Å². The van der Waals surface area contributed by atoms with E-state index < -0.39 is 0 Å². The zero-order valence-corrected chi connectivity index (χ0v) is 12.0. The SMILES string of the molecule is CCC(Nc1ccc2ccccc2c1)c1ccc(F)cc1. The van der Waals surface area contributed by atoms with E-state index in [4.69, 9.17) is 0 Å². The van der Waals surface area contributed by atoms with Crippen LogP contribution in [0, 0.1) is 5.82 Å². The highest BCUT2D eigenvalue weighted by Gasteiger charge is 2.09. The van der Waals surface area contributed by atoms with Crippen molar-refractivity contribution in [2.24, 2.45) is 0 Å². The minimum absolute atomic E-state index is 0.187. The molecule has 2 heteroatoms. The van der Waals surface area contributed by atoms with E-state index in [1.807, 2.05) is 24.3 Å². The number of hydrogen-bond acceptors (Lipinski definition) is 1. The summed E-state index contributed by atoms with van der Waals surface area (Å²) in [4.78, 5) is 0. The summed E-state index contributed by atoms with van der Waals surface area (Å²) in [6.45, 7) is 2.13. The molecule has 106 valence electrons. The number of hydrogen-bond donors (Lipinski definition) is 1. The Hall–Kier alpha value is -2.35. The molecule has 0 radical (unpaired) electrons. The number of nitrogens with one attached hydrogen (secondary N) is 1. The predicted octanol–water partition coefficient (Wildman–Crippen LogP) is 5.54. The Morgan fingerprint density at radius 3 is 2.33 bits per heavy atom. The Balaban J connectivity index is 1.86. The molecule has 0 aliphatic rings. The van der Waals surface area contributed by atoms with Gasteiger partial charge in [0.25, 0.3) is 0 Å². The van der Waals surface area contributed by atoms with Crippen molar-refractivity contribution >= 4 is 16.5 Å². The van der Waals surface area contributed by atoms with Crippen LogP contribution in [0.2, 0.25) is 0 Å². The van der Waals surface area contributed by atoms with E-state index in [9.17, 15) is 4.39 Å². The summed E-state index contributed by atoms with van der Waals surface area (Å²) < 4.78 is 13.0. The van der Waals surface area contributed by atoms with Gasteiger partial charge in [-0.1, -0.05) is 49.4 Å². The first-order chi connectivity index (χ1) is 10.3. The van der Waals surface area contributed by atoms with E-state index in [-0.39, 0.29) is 11.9 Å². The lowest BCUT2D eigenvalue weighted by Gasteiger charge is -2.19. The van der Waals surface area contributed by atoms with Crippen molar-refractivity contribution in [2.45, 2.75) is 19.4 Å². The molecule has 21 heavy (non-hydrogen) atoms. The maximum atomic E-state index is 13.0. The van der Waals surface area contributed by atoms with Crippen LogP contribution in [-0.2, 0) is 0 Å². The largest absolute Gasteiger partial charge is 0.378 e. The predicted molar refractivity (Wildman–Crippen MR) is 87.0 cm³/mol. The summed E-state index contributed by atoms with van der Waals surface area (Å²) >= 11 is 0. The first-order valence-electron chi connectivity index (χ1n) is 7.27. The molecule has 1 unspecified atom stereocenters. The van der Waals surface area contributed by atoms with Crippen molar-refractivity contribution in [1.29, 1.82) is 0 Å². The van der Waals surface area contributed by atoms with Gasteiger partial charge < -0.3 is 5.32 Å². The molecule has 3 aromatic rings. The molecule has 0 aliphatic heterocycles. The molecule has 0 saturated carbocycles. The van der Waals surface area contributed by atoms with Gasteiger partial charge in [0, 0.05) is 5.69 Å². The number of benzene rings is 3. The Kier molecular flexibility index (Phi) is 3.87.